The molecule has 0 unspecified atom stereocenters. The van der Waals surface area contributed by atoms with Crippen molar-refractivity contribution in [3.63, 3.8) is 0 Å². The smallest absolute Gasteiger partial charge is 0.328 e. The van der Waals surface area contributed by atoms with Gasteiger partial charge in [-0.15, -0.1) is 0 Å². The average Bonchev–Trinajstić information content (AvgIpc) is 3.31. The molecule has 0 radical (unpaired) electrons. The minimum atomic E-state index is -4.47. The van der Waals surface area contributed by atoms with Crippen molar-refractivity contribution >= 4 is 28.9 Å². The fourth-order valence-corrected chi connectivity index (χ4v) is 4.76. The lowest BCUT2D eigenvalue weighted by atomic mass is 10.2. The Balaban J connectivity index is 1.61. The van der Waals surface area contributed by atoms with E-state index in [1.165, 1.54) is 6.20 Å². The van der Waals surface area contributed by atoms with E-state index in [2.05, 4.69) is 4.98 Å². The summed E-state index contributed by atoms with van der Waals surface area (Å²) in [6.07, 6.45) is -3.10. The SMILES string of the molecule is CN1C(=C(C#N)C(=O)CSc2ncc(-c3ccccc3)n2CC(F)(F)F)N(C)c2ccccc21. The first-order chi connectivity index (χ1) is 16.2. The van der Waals surface area contributed by atoms with Crippen LogP contribution in [-0.4, -0.2) is 41.4 Å². The van der Waals surface area contributed by atoms with Gasteiger partial charge in [0.1, 0.15) is 24.0 Å². The van der Waals surface area contributed by atoms with Gasteiger partial charge in [-0.25, -0.2) is 4.98 Å². The molecule has 4 rings (SSSR count). The molecule has 34 heavy (non-hydrogen) atoms. The summed E-state index contributed by atoms with van der Waals surface area (Å²) >= 11 is 0.880. The van der Waals surface area contributed by atoms with Crippen LogP contribution in [0.3, 0.4) is 0 Å². The highest BCUT2D eigenvalue weighted by atomic mass is 32.2. The number of ketones is 1. The summed E-state index contributed by atoms with van der Waals surface area (Å²) in [6.45, 7) is -1.24. The highest BCUT2D eigenvalue weighted by Gasteiger charge is 2.33. The molecule has 0 saturated heterocycles. The molecular weight excluding hydrogens is 463 g/mol. The number of rotatable bonds is 6. The predicted molar refractivity (Wildman–Crippen MR) is 125 cm³/mol. The molecule has 2 aromatic carbocycles. The van der Waals surface area contributed by atoms with E-state index in [1.807, 2.05) is 30.3 Å². The number of aromatic nitrogens is 2. The van der Waals surface area contributed by atoms with Gasteiger partial charge >= 0.3 is 6.18 Å². The standard InChI is InChI=1S/C24H20F3N5OS/c1-30-18-10-6-7-11-19(18)31(2)22(30)17(12-28)21(33)14-34-23-29-13-20(16-8-4-3-5-9-16)32(23)15-24(25,26)27/h3-11,13H,14-15H2,1-2H3. The number of para-hydroxylation sites is 2. The van der Waals surface area contributed by atoms with Gasteiger partial charge in [0.15, 0.2) is 10.9 Å². The zero-order chi connectivity index (χ0) is 24.5. The van der Waals surface area contributed by atoms with Crippen LogP contribution in [0, 0.1) is 11.3 Å². The Bertz CT molecular complexity index is 1260. The van der Waals surface area contributed by atoms with Crippen molar-refractivity contribution in [2.75, 3.05) is 29.6 Å². The topological polar surface area (TPSA) is 65.2 Å². The van der Waals surface area contributed by atoms with Gasteiger partial charge in [0.25, 0.3) is 0 Å². The number of allylic oxidation sites excluding steroid dienone is 1. The lowest BCUT2D eigenvalue weighted by Crippen LogP contribution is -2.26. The maximum Gasteiger partial charge on any atom is 0.406 e. The van der Waals surface area contributed by atoms with E-state index in [1.54, 1.807) is 54.2 Å². The molecule has 0 spiro atoms. The Labute approximate surface area is 198 Å². The van der Waals surface area contributed by atoms with Gasteiger partial charge < -0.3 is 14.4 Å². The predicted octanol–water partition coefficient (Wildman–Crippen LogP) is 5.09. The van der Waals surface area contributed by atoms with Crippen LogP contribution in [-0.2, 0) is 11.3 Å². The molecule has 1 aromatic heterocycles. The monoisotopic (exact) mass is 483 g/mol. The number of carbonyl (C=O) groups excluding carboxylic acids is 1. The molecule has 0 amide bonds. The van der Waals surface area contributed by atoms with E-state index in [0.29, 0.717) is 17.1 Å². The van der Waals surface area contributed by atoms with Crippen molar-refractivity contribution < 1.29 is 18.0 Å². The van der Waals surface area contributed by atoms with Crippen molar-refractivity contribution in [2.24, 2.45) is 0 Å². The third kappa shape index (κ3) is 4.52. The average molecular weight is 484 g/mol. The summed E-state index contributed by atoms with van der Waals surface area (Å²) in [5, 5.41) is 9.83. The molecule has 0 atom stereocenters. The summed E-state index contributed by atoms with van der Waals surface area (Å²) < 4.78 is 41.0. The van der Waals surface area contributed by atoms with Crippen molar-refractivity contribution in [1.82, 2.24) is 9.55 Å². The number of halogens is 3. The summed E-state index contributed by atoms with van der Waals surface area (Å²) in [6, 6.07) is 18.1. The van der Waals surface area contributed by atoms with Gasteiger partial charge in [-0.05, 0) is 17.7 Å². The maximum absolute atomic E-state index is 13.3. The molecule has 0 bridgehead atoms. The second kappa shape index (κ2) is 9.27. The molecule has 6 nitrogen and oxygen atoms in total. The van der Waals surface area contributed by atoms with Crippen molar-refractivity contribution in [2.45, 2.75) is 17.9 Å². The summed E-state index contributed by atoms with van der Waals surface area (Å²) in [7, 11) is 3.52. The zero-order valence-electron chi connectivity index (χ0n) is 18.4. The van der Waals surface area contributed by atoms with Crippen LogP contribution in [0.4, 0.5) is 24.5 Å². The number of alkyl halides is 3. The molecular formula is C24H20F3N5OS. The maximum atomic E-state index is 13.3. The van der Waals surface area contributed by atoms with Gasteiger partial charge in [0.05, 0.1) is 29.0 Å². The van der Waals surface area contributed by atoms with Crippen molar-refractivity contribution in [3.05, 3.63) is 72.2 Å². The Morgan fingerprint density at radius 2 is 1.62 bits per heavy atom. The van der Waals surface area contributed by atoms with Crippen LogP contribution >= 0.6 is 11.8 Å². The first kappa shape index (κ1) is 23.4. The molecule has 0 aliphatic carbocycles. The highest BCUT2D eigenvalue weighted by Crippen LogP contribution is 2.40. The molecule has 1 aliphatic heterocycles. The summed E-state index contributed by atoms with van der Waals surface area (Å²) in [4.78, 5) is 20.7. The number of thioether (sulfide) groups is 1. The van der Waals surface area contributed by atoms with Crippen molar-refractivity contribution in [3.8, 4) is 17.3 Å². The lowest BCUT2D eigenvalue weighted by Gasteiger charge is -2.20. The Kier molecular flexibility index (Phi) is 6.39. The van der Waals surface area contributed by atoms with Crippen LogP contribution in [0.25, 0.3) is 11.3 Å². The number of nitriles is 1. The summed E-state index contributed by atoms with van der Waals surface area (Å²) in [5.74, 6) is -0.289. The normalized spacial score (nSPS) is 13.1. The molecule has 0 saturated carbocycles. The first-order valence-electron chi connectivity index (χ1n) is 10.3. The lowest BCUT2D eigenvalue weighted by molar-refractivity contribution is -0.141. The second-order valence-corrected chi connectivity index (χ2v) is 8.56. The van der Waals surface area contributed by atoms with Crippen LogP contribution in [0.5, 0.6) is 0 Å². The molecule has 3 aromatic rings. The van der Waals surface area contributed by atoms with E-state index >= 15 is 0 Å². The van der Waals surface area contributed by atoms with Gasteiger partial charge in [-0.2, -0.15) is 18.4 Å². The van der Waals surface area contributed by atoms with Crippen LogP contribution < -0.4 is 9.80 Å². The Hall–Kier alpha value is -3.71. The summed E-state index contributed by atoms with van der Waals surface area (Å²) in [5.41, 5.74) is 2.52. The van der Waals surface area contributed by atoms with Gasteiger partial charge in [-0.1, -0.05) is 54.2 Å². The molecule has 2 heterocycles. The minimum absolute atomic E-state index is 0.0586. The van der Waals surface area contributed by atoms with Crippen LogP contribution in [0.2, 0.25) is 0 Å². The number of benzene rings is 2. The number of hydrogen-bond donors (Lipinski definition) is 0. The highest BCUT2D eigenvalue weighted by molar-refractivity contribution is 7.99. The Morgan fingerprint density at radius 1 is 1.03 bits per heavy atom. The van der Waals surface area contributed by atoms with E-state index in [0.717, 1.165) is 27.7 Å². The van der Waals surface area contributed by atoms with Gasteiger partial charge in [0, 0.05) is 14.1 Å². The number of Topliss-reactive ketones (excluding diaryl/α,β-unsaturated/α-hetero) is 1. The number of anilines is 2. The molecule has 10 heteroatoms. The third-order valence-corrected chi connectivity index (χ3v) is 6.40. The molecule has 0 fully saturated rings. The second-order valence-electron chi connectivity index (χ2n) is 7.62. The van der Waals surface area contributed by atoms with E-state index in [-0.39, 0.29) is 16.5 Å². The third-order valence-electron chi connectivity index (χ3n) is 5.41. The quantitative estimate of drug-likeness (QED) is 0.276. The first-order valence-corrected chi connectivity index (χ1v) is 11.2. The molecule has 174 valence electrons. The van der Waals surface area contributed by atoms with E-state index in [4.69, 9.17) is 0 Å². The fourth-order valence-electron chi connectivity index (χ4n) is 3.90. The number of fused-ring (bicyclic) bond motifs is 1. The van der Waals surface area contributed by atoms with E-state index in [9.17, 15) is 23.2 Å². The zero-order valence-corrected chi connectivity index (χ0v) is 19.2. The fraction of sp³-hybridized carbons (Fsp3) is 0.208. The van der Waals surface area contributed by atoms with Gasteiger partial charge in [-0.3, -0.25) is 4.79 Å². The minimum Gasteiger partial charge on any atom is -0.328 e. The molecule has 0 N–H and O–H groups in total. The van der Waals surface area contributed by atoms with E-state index < -0.39 is 18.5 Å². The number of imidazole rings is 1. The molecule has 1 aliphatic rings. The van der Waals surface area contributed by atoms with Crippen molar-refractivity contribution in [1.29, 1.82) is 5.26 Å². The number of nitrogens with zero attached hydrogens (tertiary/aromatic N) is 5. The Morgan fingerprint density at radius 3 is 2.18 bits per heavy atom. The van der Waals surface area contributed by atoms with Crippen LogP contribution in [0.1, 0.15) is 0 Å². The van der Waals surface area contributed by atoms with Gasteiger partial charge in [0.2, 0.25) is 0 Å². The largest absolute Gasteiger partial charge is 0.406 e. The van der Waals surface area contributed by atoms with Crippen LogP contribution in [0.15, 0.2) is 77.3 Å². The number of carbonyl (C=O) groups is 1. The number of hydrogen-bond acceptors (Lipinski definition) is 6.